The second-order valence-corrected chi connectivity index (χ2v) is 5.91. The van der Waals surface area contributed by atoms with Gasteiger partial charge in [-0.15, -0.1) is 0 Å². The second kappa shape index (κ2) is 6.38. The summed E-state index contributed by atoms with van der Waals surface area (Å²) in [6, 6.07) is 5.70. The zero-order valence-electron chi connectivity index (χ0n) is 12.9. The molecule has 1 N–H and O–H groups in total. The topological polar surface area (TPSA) is 58.6 Å². The molecule has 0 spiro atoms. The van der Waals surface area contributed by atoms with Crippen LogP contribution >= 0.6 is 0 Å². The first-order chi connectivity index (χ1) is 10.7. The molecule has 0 aromatic heterocycles. The predicted molar refractivity (Wildman–Crippen MR) is 85.1 cm³/mol. The highest BCUT2D eigenvalue weighted by molar-refractivity contribution is 5.97. The first-order valence-electron chi connectivity index (χ1n) is 8.07. The van der Waals surface area contributed by atoms with Gasteiger partial charge in [-0.05, 0) is 49.9 Å². The second-order valence-electron chi connectivity index (χ2n) is 5.91. The lowest BCUT2D eigenvalue weighted by Crippen LogP contribution is -2.33. The molecule has 0 unspecified atom stereocenters. The number of hydrogen-bond acceptors (Lipinski definition) is 3. The molecular weight excluding hydrogens is 280 g/mol. The predicted octanol–water partition coefficient (Wildman–Crippen LogP) is 3.33. The number of carbonyl (C=O) groups excluding carboxylic acids is 2. The highest BCUT2D eigenvalue weighted by Crippen LogP contribution is 2.34. The molecular formula is C17H22N2O3. The molecule has 22 heavy (non-hydrogen) atoms. The van der Waals surface area contributed by atoms with E-state index in [9.17, 15) is 9.59 Å². The average molecular weight is 302 g/mol. The molecule has 1 aromatic carbocycles. The number of benzene rings is 1. The zero-order valence-corrected chi connectivity index (χ0v) is 12.9. The van der Waals surface area contributed by atoms with Crippen LogP contribution < -0.4 is 10.2 Å². The minimum Gasteiger partial charge on any atom is -0.450 e. The van der Waals surface area contributed by atoms with Gasteiger partial charge in [0.15, 0.2) is 0 Å². The van der Waals surface area contributed by atoms with E-state index in [1.54, 1.807) is 6.92 Å². The SMILES string of the molecule is CCOC(=O)Nc1ccc2c(c1)CCN2C(=O)C1CCCC1. The summed E-state index contributed by atoms with van der Waals surface area (Å²) in [4.78, 5) is 26.0. The van der Waals surface area contributed by atoms with Gasteiger partial charge in [-0.3, -0.25) is 10.1 Å². The molecule has 0 radical (unpaired) electrons. The molecule has 1 aromatic rings. The van der Waals surface area contributed by atoms with Crippen LogP contribution in [0.25, 0.3) is 0 Å². The molecule has 2 aliphatic rings. The van der Waals surface area contributed by atoms with Crippen LogP contribution in [0.3, 0.4) is 0 Å². The molecule has 3 rings (SSSR count). The standard InChI is InChI=1S/C17H22N2O3/c1-2-22-17(21)18-14-7-8-15-13(11-14)9-10-19(15)16(20)12-5-3-4-6-12/h7-8,11-12H,2-6,9-10H2,1H3,(H,18,21). The third kappa shape index (κ3) is 2.93. The van der Waals surface area contributed by atoms with Crippen molar-refractivity contribution in [2.24, 2.45) is 5.92 Å². The minimum absolute atomic E-state index is 0.197. The largest absolute Gasteiger partial charge is 0.450 e. The Labute approximate surface area is 130 Å². The number of hydrogen-bond donors (Lipinski definition) is 1. The van der Waals surface area contributed by atoms with E-state index in [-0.39, 0.29) is 11.8 Å². The van der Waals surface area contributed by atoms with Gasteiger partial charge in [0.1, 0.15) is 0 Å². The fourth-order valence-corrected chi connectivity index (χ4v) is 3.39. The van der Waals surface area contributed by atoms with Crippen molar-refractivity contribution in [3.8, 4) is 0 Å². The van der Waals surface area contributed by atoms with Crippen LogP contribution in [0.4, 0.5) is 16.2 Å². The minimum atomic E-state index is -0.445. The van der Waals surface area contributed by atoms with Crippen LogP contribution in [0.5, 0.6) is 0 Å². The fourth-order valence-electron chi connectivity index (χ4n) is 3.39. The van der Waals surface area contributed by atoms with E-state index in [1.807, 2.05) is 23.1 Å². The van der Waals surface area contributed by atoms with Gasteiger partial charge >= 0.3 is 6.09 Å². The Balaban J connectivity index is 1.72. The van der Waals surface area contributed by atoms with Crippen molar-refractivity contribution < 1.29 is 14.3 Å². The van der Waals surface area contributed by atoms with E-state index in [2.05, 4.69) is 5.32 Å². The van der Waals surface area contributed by atoms with Gasteiger partial charge < -0.3 is 9.64 Å². The Morgan fingerprint density at radius 2 is 2.09 bits per heavy atom. The molecule has 1 aliphatic heterocycles. The van der Waals surface area contributed by atoms with Gasteiger partial charge in [-0.2, -0.15) is 0 Å². The number of ether oxygens (including phenoxy) is 1. The van der Waals surface area contributed by atoms with Gasteiger partial charge in [0.25, 0.3) is 0 Å². The molecule has 1 fully saturated rings. The zero-order chi connectivity index (χ0) is 15.5. The van der Waals surface area contributed by atoms with Crippen molar-refractivity contribution in [3.05, 3.63) is 23.8 Å². The number of amides is 2. The summed E-state index contributed by atoms with van der Waals surface area (Å²) in [5.41, 5.74) is 2.82. The summed E-state index contributed by atoms with van der Waals surface area (Å²) < 4.78 is 4.88. The van der Waals surface area contributed by atoms with Crippen molar-refractivity contribution in [2.45, 2.75) is 39.0 Å². The number of nitrogens with one attached hydrogen (secondary N) is 1. The number of rotatable bonds is 3. The molecule has 5 heteroatoms. The quantitative estimate of drug-likeness (QED) is 0.931. The molecule has 1 aliphatic carbocycles. The maximum atomic E-state index is 12.6. The Kier molecular flexibility index (Phi) is 4.32. The van der Waals surface area contributed by atoms with Crippen molar-refractivity contribution >= 4 is 23.4 Å². The highest BCUT2D eigenvalue weighted by atomic mass is 16.5. The van der Waals surface area contributed by atoms with Crippen molar-refractivity contribution in [1.29, 1.82) is 0 Å². The first kappa shape index (κ1) is 14.9. The number of anilines is 2. The summed E-state index contributed by atoms with van der Waals surface area (Å²) in [5, 5.41) is 2.71. The van der Waals surface area contributed by atoms with Gasteiger partial charge in [0.05, 0.1) is 6.61 Å². The van der Waals surface area contributed by atoms with Crippen molar-refractivity contribution in [1.82, 2.24) is 0 Å². The van der Waals surface area contributed by atoms with E-state index in [0.717, 1.165) is 37.1 Å². The summed E-state index contributed by atoms with van der Waals surface area (Å²) in [6.45, 7) is 2.86. The Bertz CT molecular complexity index is 579. The normalized spacial score (nSPS) is 17.4. The average Bonchev–Trinajstić information content (AvgIpc) is 3.16. The Morgan fingerprint density at radius 3 is 2.82 bits per heavy atom. The third-order valence-electron chi connectivity index (χ3n) is 4.47. The third-order valence-corrected chi connectivity index (χ3v) is 4.47. The molecule has 0 bridgehead atoms. The van der Waals surface area contributed by atoms with Gasteiger partial charge in [0.2, 0.25) is 5.91 Å². The summed E-state index contributed by atoms with van der Waals surface area (Å²) in [7, 11) is 0. The molecule has 0 atom stereocenters. The van der Waals surface area contributed by atoms with Crippen LogP contribution in [0.15, 0.2) is 18.2 Å². The summed E-state index contributed by atoms with van der Waals surface area (Å²) >= 11 is 0. The maximum Gasteiger partial charge on any atom is 0.411 e. The molecule has 2 amide bonds. The van der Waals surface area contributed by atoms with E-state index in [0.29, 0.717) is 12.3 Å². The molecule has 1 saturated carbocycles. The lowest BCUT2D eigenvalue weighted by molar-refractivity contribution is -0.122. The van der Waals surface area contributed by atoms with Crippen LogP contribution in [0.1, 0.15) is 38.2 Å². The lowest BCUT2D eigenvalue weighted by atomic mass is 10.1. The smallest absolute Gasteiger partial charge is 0.411 e. The van der Waals surface area contributed by atoms with Gasteiger partial charge in [0, 0.05) is 23.8 Å². The molecule has 0 saturated heterocycles. The van der Waals surface area contributed by atoms with Crippen LogP contribution in [-0.2, 0) is 16.0 Å². The molecule has 118 valence electrons. The highest BCUT2D eigenvalue weighted by Gasteiger charge is 2.31. The van der Waals surface area contributed by atoms with Crippen molar-refractivity contribution in [3.63, 3.8) is 0 Å². The Hall–Kier alpha value is -2.04. The van der Waals surface area contributed by atoms with E-state index < -0.39 is 6.09 Å². The molecule has 1 heterocycles. The Morgan fingerprint density at radius 1 is 1.32 bits per heavy atom. The van der Waals surface area contributed by atoms with Gasteiger partial charge in [-0.25, -0.2) is 4.79 Å². The van der Waals surface area contributed by atoms with Crippen LogP contribution in [-0.4, -0.2) is 25.2 Å². The summed E-state index contributed by atoms with van der Waals surface area (Å²) in [5.74, 6) is 0.464. The van der Waals surface area contributed by atoms with Crippen LogP contribution in [0.2, 0.25) is 0 Å². The fraction of sp³-hybridized carbons (Fsp3) is 0.529. The monoisotopic (exact) mass is 302 g/mol. The van der Waals surface area contributed by atoms with Crippen molar-refractivity contribution in [2.75, 3.05) is 23.4 Å². The number of nitrogens with zero attached hydrogens (tertiary/aromatic N) is 1. The number of fused-ring (bicyclic) bond motifs is 1. The summed E-state index contributed by atoms with van der Waals surface area (Å²) in [6.07, 6.45) is 4.77. The van der Waals surface area contributed by atoms with E-state index in [4.69, 9.17) is 4.74 Å². The molecule has 5 nitrogen and oxygen atoms in total. The van der Waals surface area contributed by atoms with E-state index in [1.165, 1.54) is 12.8 Å². The number of carbonyl (C=O) groups is 2. The van der Waals surface area contributed by atoms with Crippen LogP contribution in [0, 0.1) is 5.92 Å². The van der Waals surface area contributed by atoms with E-state index >= 15 is 0 Å². The first-order valence-corrected chi connectivity index (χ1v) is 8.07. The van der Waals surface area contributed by atoms with Gasteiger partial charge in [-0.1, -0.05) is 12.8 Å². The maximum absolute atomic E-state index is 12.6. The lowest BCUT2D eigenvalue weighted by Gasteiger charge is -2.21.